The number of halogens is 1. The number of fused-ring (bicyclic) bond motifs is 1. The van der Waals surface area contributed by atoms with Crippen molar-refractivity contribution in [3.8, 4) is 11.5 Å². The summed E-state index contributed by atoms with van der Waals surface area (Å²) in [5.41, 5.74) is 1.04. The highest BCUT2D eigenvalue weighted by molar-refractivity contribution is 9.10. The van der Waals surface area contributed by atoms with Gasteiger partial charge >= 0.3 is 0 Å². The smallest absolute Gasteiger partial charge is 0.152 e. The molecule has 1 N–H and O–H groups in total. The van der Waals surface area contributed by atoms with Crippen molar-refractivity contribution in [3.05, 3.63) is 46.6 Å². The fraction of sp³-hybridized carbons (Fsp3) is 0.214. The van der Waals surface area contributed by atoms with E-state index in [1.165, 1.54) is 0 Å². The molecule has 2 atom stereocenters. The molecule has 0 saturated heterocycles. The normalized spacial score (nSPS) is 21.6. The highest BCUT2D eigenvalue weighted by atomic mass is 79.9. The zero-order chi connectivity index (χ0) is 13.4. The van der Waals surface area contributed by atoms with E-state index in [0.29, 0.717) is 4.47 Å². The maximum absolute atomic E-state index is 9.56. The fourth-order valence-corrected chi connectivity index (χ4v) is 3.50. The van der Waals surface area contributed by atoms with E-state index in [2.05, 4.69) is 27.8 Å². The van der Waals surface area contributed by atoms with Crippen LogP contribution in [0.15, 0.2) is 46.0 Å². The van der Waals surface area contributed by atoms with Crippen LogP contribution < -0.4 is 4.74 Å². The van der Waals surface area contributed by atoms with Crippen LogP contribution in [0.2, 0.25) is 0 Å². The molecule has 0 radical (unpaired) electrons. The number of aromatic hydroxyl groups is 1. The molecule has 19 heavy (non-hydrogen) atoms. The third kappa shape index (κ3) is 2.44. The third-order valence-electron chi connectivity index (χ3n) is 3.01. The summed E-state index contributed by atoms with van der Waals surface area (Å²) in [6.45, 7) is 2.12. The van der Waals surface area contributed by atoms with E-state index >= 15 is 0 Å². The van der Waals surface area contributed by atoms with Crippen LogP contribution in [0.5, 0.6) is 11.5 Å². The van der Waals surface area contributed by atoms with Crippen LogP contribution in [0.4, 0.5) is 0 Å². The van der Waals surface area contributed by atoms with Crippen molar-refractivity contribution in [2.75, 3.05) is 0 Å². The second kappa shape index (κ2) is 5.06. The minimum absolute atomic E-state index is 0.0430. The first kappa shape index (κ1) is 12.8. The summed E-state index contributed by atoms with van der Waals surface area (Å²) < 4.78 is 6.72. The van der Waals surface area contributed by atoms with Crippen LogP contribution >= 0.6 is 27.7 Å². The van der Waals surface area contributed by atoms with E-state index in [-0.39, 0.29) is 17.1 Å². The van der Waals surface area contributed by atoms with Crippen molar-refractivity contribution in [2.24, 2.45) is 0 Å². The number of ether oxygens (including phenoxy) is 1. The quantitative estimate of drug-likeness (QED) is 0.848. The van der Waals surface area contributed by atoms with Crippen LogP contribution in [-0.2, 0) is 0 Å². The van der Waals surface area contributed by atoms with Gasteiger partial charge in [-0.2, -0.15) is 0 Å². The molecular weight excluding hydrogens is 326 g/mol. The van der Waals surface area contributed by atoms with Crippen molar-refractivity contribution in [1.82, 2.24) is 4.98 Å². The summed E-state index contributed by atoms with van der Waals surface area (Å²) >= 11 is 5.05. The molecule has 1 aromatic heterocycles. The summed E-state index contributed by atoms with van der Waals surface area (Å²) in [7, 11) is 0. The largest absolute Gasteiger partial charge is 0.507 e. The van der Waals surface area contributed by atoms with Gasteiger partial charge in [-0.1, -0.05) is 17.8 Å². The van der Waals surface area contributed by atoms with Gasteiger partial charge in [-0.25, -0.2) is 4.98 Å². The molecule has 0 amide bonds. The van der Waals surface area contributed by atoms with E-state index in [0.717, 1.165) is 16.3 Å². The number of pyridine rings is 1. The lowest BCUT2D eigenvalue weighted by Crippen LogP contribution is -2.22. The Kier molecular flexibility index (Phi) is 3.41. The second-order valence-electron chi connectivity index (χ2n) is 4.38. The van der Waals surface area contributed by atoms with E-state index in [4.69, 9.17) is 4.74 Å². The van der Waals surface area contributed by atoms with Gasteiger partial charge in [0.05, 0.1) is 4.47 Å². The van der Waals surface area contributed by atoms with Gasteiger partial charge in [0.25, 0.3) is 0 Å². The molecule has 1 aliphatic heterocycles. The van der Waals surface area contributed by atoms with Crippen LogP contribution in [0, 0.1) is 0 Å². The van der Waals surface area contributed by atoms with E-state index in [1.54, 1.807) is 24.0 Å². The summed E-state index contributed by atoms with van der Waals surface area (Å²) in [4.78, 5) is 4.32. The third-order valence-corrected chi connectivity index (χ3v) is 4.80. The molecule has 0 unspecified atom stereocenters. The molecule has 1 aromatic carbocycles. The van der Waals surface area contributed by atoms with Gasteiger partial charge in [0.15, 0.2) is 5.75 Å². The molecule has 3 rings (SSSR count). The van der Waals surface area contributed by atoms with Gasteiger partial charge in [0.1, 0.15) is 16.9 Å². The van der Waals surface area contributed by atoms with Crippen LogP contribution in [-0.4, -0.2) is 15.3 Å². The summed E-state index contributed by atoms with van der Waals surface area (Å²) in [5.74, 6) is 1.06. The van der Waals surface area contributed by atoms with Gasteiger partial charge in [0.2, 0.25) is 0 Å². The molecule has 3 nitrogen and oxygen atoms in total. The van der Waals surface area contributed by atoms with Crippen molar-refractivity contribution >= 4 is 27.7 Å². The second-order valence-corrected chi connectivity index (χ2v) is 6.60. The molecule has 2 aromatic rings. The lowest BCUT2D eigenvalue weighted by molar-refractivity contribution is 0.193. The Balaban J connectivity index is 1.96. The van der Waals surface area contributed by atoms with Crippen LogP contribution in [0.25, 0.3) is 0 Å². The van der Waals surface area contributed by atoms with E-state index in [9.17, 15) is 5.11 Å². The number of hydrogen-bond donors (Lipinski definition) is 1. The Morgan fingerprint density at radius 1 is 1.37 bits per heavy atom. The Bertz CT molecular complexity index is 620. The SMILES string of the molecule is C[C@@H]1Sc2ncccc2O[C@H]1c1ccc(O)c(Br)c1. The van der Waals surface area contributed by atoms with Crippen molar-refractivity contribution in [1.29, 1.82) is 0 Å². The average Bonchev–Trinajstić information content (AvgIpc) is 2.41. The molecule has 5 heteroatoms. The minimum atomic E-state index is -0.0430. The van der Waals surface area contributed by atoms with Crippen molar-refractivity contribution in [3.63, 3.8) is 0 Å². The van der Waals surface area contributed by atoms with Crippen LogP contribution in [0.3, 0.4) is 0 Å². The first-order chi connectivity index (χ1) is 9.15. The Morgan fingerprint density at radius 3 is 3.00 bits per heavy atom. The number of benzene rings is 1. The van der Waals surface area contributed by atoms with E-state index in [1.807, 2.05) is 24.3 Å². The van der Waals surface area contributed by atoms with Gasteiger partial charge in [-0.15, -0.1) is 0 Å². The number of phenolic OH excluding ortho intramolecular Hbond substituents is 1. The minimum Gasteiger partial charge on any atom is -0.507 e. The number of nitrogens with zero attached hydrogens (tertiary/aromatic N) is 1. The number of hydrogen-bond acceptors (Lipinski definition) is 4. The number of rotatable bonds is 1. The predicted molar refractivity (Wildman–Crippen MR) is 78.7 cm³/mol. The monoisotopic (exact) mass is 337 g/mol. The highest BCUT2D eigenvalue weighted by Crippen LogP contribution is 2.44. The molecule has 2 heterocycles. The number of phenols is 1. The van der Waals surface area contributed by atoms with Gasteiger partial charge in [-0.05, 0) is 52.7 Å². The predicted octanol–water partition coefficient (Wildman–Crippen LogP) is 4.16. The standard InChI is InChI=1S/C14H12BrNO2S/c1-8-13(9-4-5-11(17)10(15)7-9)18-12-3-2-6-16-14(12)19-8/h2-8,13,17H,1H3/t8-,13+/m0/s1. The van der Waals surface area contributed by atoms with E-state index < -0.39 is 0 Å². The number of thioether (sulfide) groups is 1. The summed E-state index contributed by atoms with van der Waals surface area (Å²) in [6, 6.07) is 9.28. The maximum atomic E-state index is 9.56. The molecule has 98 valence electrons. The first-order valence-corrected chi connectivity index (χ1v) is 7.59. The van der Waals surface area contributed by atoms with Gasteiger partial charge in [0, 0.05) is 11.4 Å². The molecule has 1 aliphatic rings. The lowest BCUT2D eigenvalue weighted by atomic mass is 10.1. The number of aromatic nitrogens is 1. The lowest BCUT2D eigenvalue weighted by Gasteiger charge is -2.30. The molecule has 0 fully saturated rings. The summed E-state index contributed by atoms with van der Waals surface area (Å²) in [6.07, 6.45) is 1.73. The Hall–Kier alpha value is -1.20. The van der Waals surface area contributed by atoms with Gasteiger partial charge in [-0.3, -0.25) is 0 Å². The Labute approximate surface area is 124 Å². The first-order valence-electron chi connectivity index (χ1n) is 5.92. The topological polar surface area (TPSA) is 42.4 Å². The molecule has 0 spiro atoms. The summed E-state index contributed by atoms with van der Waals surface area (Å²) in [5, 5.41) is 10.8. The molecular formula is C14H12BrNO2S. The maximum Gasteiger partial charge on any atom is 0.152 e. The Morgan fingerprint density at radius 2 is 2.21 bits per heavy atom. The fourth-order valence-electron chi connectivity index (χ4n) is 2.06. The average molecular weight is 338 g/mol. The zero-order valence-corrected chi connectivity index (χ0v) is 12.6. The van der Waals surface area contributed by atoms with Crippen molar-refractivity contribution < 1.29 is 9.84 Å². The van der Waals surface area contributed by atoms with Gasteiger partial charge < -0.3 is 9.84 Å². The molecule has 0 aliphatic carbocycles. The van der Waals surface area contributed by atoms with Crippen LogP contribution in [0.1, 0.15) is 18.6 Å². The molecule has 0 bridgehead atoms. The van der Waals surface area contributed by atoms with Crippen molar-refractivity contribution in [2.45, 2.75) is 23.3 Å². The zero-order valence-electron chi connectivity index (χ0n) is 10.2. The molecule has 0 saturated carbocycles. The highest BCUT2D eigenvalue weighted by Gasteiger charge is 2.29.